The van der Waals surface area contributed by atoms with Gasteiger partial charge in [-0.15, -0.1) is 0 Å². The Morgan fingerprint density at radius 3 is 2.25 bits per heavy atom. The summed E-state index contributed by atoms with van der Waals surface area (Å²) in [6, 6.07) is 19.7. The van der Waals surface area contributed by atoms with Gasteiger partial charge in [0.2, 0.25) is 0 Å². The fourth-order valence-corrected chi connectivity index (χ4v) is 3.89. The highest BCUT2D eigenvalue weighted by atomic mass is 19.1. The van der Waals surface area contributed by atoms with Crippen molar-refractivity contribution in [2.75, 3.05) is 18.1 Å². The molecule has 5 nitrogen and oxygen atoms in total. The number of ether oxygens (including phenoxy) is 1. The number of hydrogen-bond acceptors (Lipinski definition) is 4. The number of aromatic hydroxyl groups is 1. The van der Waals surface area contributed by atoms with Crippen LogP contribution < -0.4 is 15.0 Å². The van der Waals surface area contributed by atoms with Gasteiger partial charge >= 0.3 is 0 Å². The van der Waals surface area contributed by atoms with Gasteiger partial charge in [-0.05, 0) is 98.6 Å². The average molecular weight is 435 g/mol. The molecule has 3 aromatic rings. The zero-order chi connectivity index (χ0) is 22.3. The van der Waals surface area contributed by atoms with Crippen molar-refractivity contribution in [1.29, 1.82) is 0 Å². The number of piperidine rings is 1. The molecule has 6 heteroatoms. The Labute approximate surface area is 187 Å². The molecule has 0 aromatic heterocycles. The predicted octanol–water partition coefficient (Wildman–Crippen LogP) is 5.42. The summed E-state index contributed by atoms with van der Waals surface area (Å²) >= 11 is 0. The fraction of sp³-hybridized carbons (Fsp3) is 0.269. The van der Waals surface area contributed by atoms with Crippen LogP contribution >= 0.6 is 0 Å². The lowest BCUT2D eigenvalue weighted by molar-refractivity contribution is 0.0999. The smallest absolute Gasteiger partial charge is 0.262 e. The first-order valence-corrected chi connectivity index (χ1v) is 11.0. The number of hydrogen-bond donors (Lipinski definition) is 2. The molecule has 32 heavy (non-hydrogen) atoms. The van der Waals surface area contributed by atoms with Gasteiger partial charge in [0.1, 0.15) is 17.3 Å². The predicted molar refractivity (Wildman–Crippen MR) is 123 cm³/mol. The third-order valence-electron chi connectivity index (χ3n) is 5.64. The van der Waals surface area contributed by atoms with Crippen molar-refractivity contribution in [1.82, 2.24) is 5.32 Å². The minimum Gasteiger partial charge on any atom is -0.508 e. The van der Waals surface area contributed by atoms with Crippen LogP contribution in [0.15, 0.2) is 72.8 Å². The first kappa shape index (κ1) is 21.8. The van der Waals surface area contributed by atoms with E-state index in [0.717, 1.165) is 18.7 Å². The van der Waals surface area contributed by atoms with E-state index in [2.05, 4.69) is 5.32 Å². The van der Waals surface area contributed by atoms with Gasteiger partial charge < -0.3 is 15.2 Å². The quantitative estimate of drug-likeness (QED) is 0.521. The summed E-state index contributed by atoms with van der Waals surface area (Å²) in [6.45, 7) is 1.71. The summed E-state index contributed by atoms with van der Waals surface area (Å²) in [7, 11) is 0. The van der Waals surface area contributed by atoms with Crippen molar-refractivity contribution in [2.45, 2.75) is 31.7 Å². The number of amides is 1. The van der Waals surface area contributed by atoms with Crippen LogP contribution in [0, 0.1) is 5.82 Å². The summed E-state index contributed by atoms with van der Waals surface area (Å²) in [4.78, 5) is 14.8. The molecule has 2 N–H and O–H groups in total. The van der Waals surface area contributed by atoms with Crippen LogP contribution in [0.5, 0.6) is 11.5 Å². The number of carbonyl (C=O) groups is 1. The number of rotatable bonds is 7. The lowest BCUT2D eigenvalue weighted by atomic mass is 10.0. The second-order valence-corrected chi connectivity index (χ2v) is 7.94. The molecule has 1 saturated heterocycles. The Balaban J connectivity index is 1.50. The lowest BCUT2D eigenvalue weighted by Gasteiger charge is -2.24. The van der Waals surface area contributed by atoms with Crippen molar-refractivity contribution in [2.24, 2.45) is 0 Å². The summed E-state index contributed by atoms with van der Waals surface area (Å²) in [5.74, 6) is 0.152. The number of carbonyl (C=O) groups excluding carboxylic acids is 1. The third kappa shape index (κ3) is 5.45. The van der Waals surface area contributed by atoms with E-state index in [4.69, 9.17) is 4.74 Å². The van der Waals surface area contributed by atoms with E-state index in [0.29, 0.717) is 29.6 Å². The van der Waals surface area contributed by atoms with Gasteiger partial charge in [-0.25, -0.2) is 4.39 Å². The van der Waals surface area contributed by atoms with E-state index < -0.39 is 5.82 Å². The molecule has 1 fully saturated rings. The van der Waals surface area contributed by atoms with Crippen LogP contribution in [0.1, 0.15) is 36.0 Å². The molecular formula is C26H27FN2O3. The normalized spacial score (nSPS) is 15.8. The average Bonchev–Trinajstić information content (AvgIpc) is 2.82. The topological polar surface area (TPSA) is 61.8 Å². The summed E-state index contributed by atoms with van der Waals surface area (Å²) in [5, 5.41) is 13.2. The maximum Gasteiger partial charge on any atom is 0.262 e. The largest absolute Gasteiger partial charge is 0.508 e. The van der Waals surface area contributed by atoms with Gasteiger partial charge in [0, 0.05) is 23.0 Å². The summed E-state index contributed by atoms with van der Waals surface area (Å²) in [5.41, 5.74) is 1.60. The Kier molecular flexibility index (Phi) is 7.02. The second-order valence-electron chi connectivity index (χ2n) is 7.94. The highest BCUT2D eigenvalue weighted by molar-refractivity contribution is 6.10. The van der Waals surface area contributed by atoms with Crippen molar-refractivity contribution in [3.05, 3.63) is 84.2 Å². The Morgan fingerprint density at radius 1 is 0.969 bits per heavy atom. The van der Waals surface area contributed by atoms with Gasteiger partial charge in [-0.2, -0.15) is 0 Å². The van der Waals surface area contributed by atoms with Crippen LogP contribution in [-0.2, 0) is 0 Å². The van der Waals surface area contributed by atoms with Crippen molar-refractivity contribution in [3.63, 3.8) is 0 Å². The molecule has 166 valence electrons. The van der Waals surface area contributed by atoms with Crippen molar-refractivity contribution >= 4 is 17.3 Å². The van der Waals surface area contributed by atoms with E-state index in [1.807, 2.05) is 24.3 Å². The zero-order valence-corrected chi connectivity index (χ0v) is 17.8. The van der Waals surface area contributed by atoms with Gasteiger partial charge in [0.05, 0.1) is 6.61 Å². The molecule has 0 saturated carbocycles. The van der Waals surface area contributed by atoms with Gasteiger partial charge in [0.25, 0.3) is 5.91 Å². The zero-order valence-electron chi connectivity index (χ0n) is 17.8. The molecule has 1 amide bonds. The molecule has 4 rings (SSSR count). The molecule has 0 spiro atoms. The van der Waals surface area contributed by atoms with E-state index in [9.17, 15) is 14.3 Å². The lowest BCUT2D eigenvalue weighted by Crippen LogP contribution is -2.35. The number of phenolic OH excluding ortho intramolecular Hbond substituents is 1. The van der Waals surface area contributed by atoms with Gasteiger partial charge in [-0.3, -0.25) is 9.69 Å². The van der Waals surface area contributed by atoms with Crippen LogP contribution in [0.4, 0.5) is 15.8 Å². The number of nitrogens with one attached hydrogen (secondary N) is 1. The van der Waals surface area contributed by atoms with E-state index >= 15 is 0 Å². The highest BCUT2D eigenvalue weighted by Crippen LogP contribution is 2.30. The molecule has 0 radical (unpaired) electrons. The fourth-order valence-electron chi connectivity index (χ4n) is 3.89. The monoisotopic (exact) mass is 434 g/mol. The standard InChI is InChI=1S/C26H27FN2O3/c27-20-6-4-19(5-7-20)26(31)29(22-8-12-24(30)13-9-22)23-10-14-25(15-11-23)32-18-16-21-3-1-2-17-28-21/h4-15,21,28,30H,1-3,16-18H2. The summed E-state index contributed by atoms with van der Waals surface area (Å²) < 4.78 is 19.2. The van der Waals surface area contributed by atoms with Crippen molar-refractivity contribution in [3.8, 4) is 11.5 Å². The number of nitrogens with zero attached hydrogens (tertiary/aromatic N) is 1. The summed E-state index contributed by atoms with van der Waals surface area (Å²) in [6.07, 6.45) is 4.66. The van der Waals surface area contributed by atoms with Crippen LogP contribution in [0.3, 0.4) is 0 Å². The number of anilines is 2. The van der Waals surface area contributed by atoms with Gasteiger partial charge in [-0.1, -0.05) is 6.42 Å². The first-order valence-electron chi connectivity index (χ1n) is 11.0. The molecule has 1 atom stereocenters. The second kappa shape index (κ2) is 10.3. The number of halogens is 1. The van der Waals surface area contributed by atoms with Gasteiger partial charge in [0.15, 0.2) is 0 Å². The molecule has 1 aliphatic rings. The highest BCUT2D eigenvalue weighted by Gasteiger charge is 2.20. The Morgan fingerprint density at radius 2 is 1.62 bits per heavy atom. The van der Waals surface area contributed by atoms with Crippen molar-refractivity contribution < 1.29 is 19.0 Å². The number of phenols is 1. The molecule has 1 heterocycles. The maximum atomic E-state index is 13.3. The molecule has 3 aromatic carbocycles. The molecular weight excluding hydrogens is 407 g/mol. The van der Waals surface area contributed by atoms with Crippen LogP contribution in [-0.4, -0.2) is 30.2 Å². The minimum absolute atomic E-state index is 0.110. The third-order valence-corrected chi connectivity index (χ3v) is 5.64. The molecule has 1 aliphatic heterocycles. The van der Waals surface area contributed by atoms with E-state index in [1.54, 1.807) is 12.1 Å². The van der Waals surface area contributed by atoms with Crippen LogP contribution in [0.2, 0.25) is 0 Å². The number of benzene rings is 3. The molecule has 0 aliphatic carbocycles. The van der Waals surface area contributed by atoms with E-state index in [-0.39, 0.29) is 11.7 Å². The Hall–Kier alpha value is -3.38. The molecule has 0 bridgehead atoms. The Bertz CT molecular complexity index is 1010. The van der Waals surface area contributed by atoms with E-state index in [1.165, 1.54) is 60.6 Å². The molecule has 1 unspecified atom stereocenters. The van der Waals surface area contributed by atoms with Crippen LogP contribution in [0.25, 0.3) is 0 Å². The minimum atomic E-state index is -0.400. The first-order chi connectivity index (χ1) is 15.6. The SMILES string of the molecule is O=C(c1ccc(F)cc1)N(c1ccc(O)cc1)c1ccc(OCCC2CCCCN2)cc1. The maximum absolute atomic E-state index is 13.3.